The Bertz CT molecular complexity index is 618. The molecule has 2 unspecified atom stereocenters. The Morgan fingerprint density at radius 3 is 3.00 bits per heavy atom. The van der Waals surface area contributed by atoms with E-state index < -0.39 is 11.7 Å². The minimum atomic E-state index is -0.571. The summed E-state index contributed by atoms with van der Waals surface area (Å²) < 4.78 is 13.4. The number of hydrogen-bond acceptors (Lipinski definition) is 3. The van der Waals surface area contributed by atoms with E-state index in [4.69, 9.17) is 0 Å². The number of likely N-dealkylation sites (tertiary alicyclic amines) is 1. The van der Waals surface area contributed by atoms with E-state index in [0.29, 0.717) is 24.2 Å². The molecule has 0 bridgehead atoms. The molecule has 2 N–H and O–H groups in total. The van der Waals surface area contributed by atoms with E-state index in [9.17, 15) is 19.1 Å². The average Bonchev–Trinajstić information content (AvgIpc) is 2.54. The fraction of sp³-hybridized carbons (Fsp3) is 0.529. The van der Waals surface area contributed by atoms with Gasteiger partial charge in [-0.25, -0.2) is 4.39 Å². The maximum Gasteiger partial charge on any atom is 0.230 e. The van der Waals surface area contributed by atoms with E-state index in [2.05, 4.69) is 5.32 Å². The third-order valence-corrected chi connectivity index (χ3v) is 4.72. The summed E-state index contributed by atoms with van der Waals surface area (Å²) in [6, 6.07) is 4.18. The Balaban J connectivity index is 1.88. The Morgan fingerprint density at radius 1 is 1.39 bits per heavy atom. The number of piperidine rings is 1. The van der Waals surface area contributed by atoms with Crippen molar-refractivity contribution in [3.63, 3.8) is 0 Å². The van der Waals surface area contributed by atoms with Gasteiger partial charge in [-0.2, -0.15) is 0 Å². The van der Waals surface area contributed by atoms with Gasteiger partial charge in [0.25, 0.3) is 0 Å². The number of aliphatic hydroxyl groups excluding tert-OH is 1. The lowest BCUT2D eigenvalue weighted by atomic mass is 9.87. The summed E-state index contributed by atoms with van der Waals surface area (Å²) in [5, 5.41) is 11.9. The fourth-order valence-electron chi connectivity index (χ4n) is 3.60. The molecule has 1 saturated heterocycles. The smallest absolute Gasteiger partial charge is 0.230 e. The number of hydrogen-bond donors (Lipinski definition) is 2. The third kappa shape index (κ3) is 3.22. The topological polar surface area (TPSA) is 69.6 Å². The summed E-state index contributed by atoms with van der Waals surface area (Å²) in [6.07, 6.45) is 3.49. The van der Waals surface area contributed by atoms with Gasteiger partial charge in [-0.1, -0.05) is 6.07 Å². The third-order valence-electron chi connectivity index (χ3n) is 4.72. The van der Waals surface area contributed by atoms with Crippen molar-refractivity contribution >= 4 is 17.5 Å². The van der Waals surface area contributed by atoms with Crippen LogP contribution >= 0.6 is 0 Å². The first-order valence-corrected chi connectivity index (χ1v) is 8.11. The zero-order chi connectivity index (χ0) is 16.4. The Kier molecular flexibility index (Phi) is 4.61. The van der Waals surface area contributed by atoms with Crippen molar-refractivity contribution in [1.29, 1.82) is 0 Å². The van der Waals surface area contributed by atoms with Crippen LogP contribution in [-0.4, -0.2) is 41.0 Å². The van der Waals surface area contributed by atoms with Crippen molar-refractivity contribution in [2.75, 3.05) is 18.5 Å². The van der Waals surface area contributed by atoms with Gasteiger partial charge in [0.15, 0.2) is 0 Å². The molecule has 1 aromatic carbocycles. The van der Waals surface area contributed by atoms with Crippen LogP contribution in [0.4, 0.5) is 10.1 Å². The minimum Gasteiger partial charge on any atom is -0.396 e. The standard InChI is InChI=1S/C17H21FN2O3/c18-11-4-5-13-14(10-16(22)19-15(13)9-11)17(23)20-7-2-1-3-12(20)6-8-21/h4-5,9,12,14,21H,1-3,6-8,10H2,(H,19,22). The number of carbonyl (C=O) groups is 2. The van der Waals surface area contributed by atoms with Gasteiger partial charge in [-0.05, 0) is 43.4 Å². The summed E-state index contributed by atoms with van der Waals surface area (Å²) in [7, 11) is 0. The van der Waals surface area contributed by atoms with E-state index >= 15 is 0 Å². The molecule has 2 aliphatic heterocycles. The van der Waals surface area contributed by atoms with Crippen LogP contribution in [0.2, 0.25) is 0 Å². The van der Waals surface area contributed by atoms with Gasteiger partial charge in [-0.3, -0.25) is 9.59 Å². The SMILES string of the molecule is O=C1CC(C(=O)N2CCCCC2CCO)c2ccc(F)cc2N1. The molecule has 2 atom stereocenters. The van der Waals surface area contributed by atoms with E-state index in [1.165, 1.54) is 12.1 Å². The monoisotopic (exact) mass is 320 g/mol. The fourth-order valence-corrected chi connectivity index (χ4v) is 3.60. The number of aliphatic hydroxyl groups is 1. The average molecular weight is 320 g/mol. The van der Waals surface area contributed by atoms with E-state index in [1.54, 1.807) is 11.0 Å². The van der Waals surface area contributed by atoms with Crippen LogP contribution in [0.1, 0.15) is 43.6 Å². The lowest BCUT2D eigenvalue weighted by Crippen LogP contribution is -2.47. The summed E-state index contributed by atoms with van der Waals surface area (Å²) in [4.78, 5) is 26.7. The lowest BCUT2D eigenvalue weighted by molar-refractivity contribution is -0.138. The molecule has 1 fully saturated rings. The number of anilines is 1. The highest BCUT2D eigenvalue weighted by Gasteiger charge is 2.36. The quantitative estimate of drug-likeness (QED) is 0.895. The molecule has 0 aliphatic carbocycles. The molecule has 0 radical (unpaired) electrons. The molecule has 1 aromatic rings. The molecule has 23 heavy (non-hydrogen) atoms. The molecule has 0 aromatic heterocycles. The Morgan fingerprint density at radius 2 is 2.22 bits per heavy atom. The molecule has 2 heterocycles. The number of benzene rings is 1. The van der Waals surface area contributed by atoms with Gasteiger partial charge in [0.2, 0.25) is 11.8 Å². The summed E-state index contributed by atoms with van der Waals surface area (Å²) in [5.41, 5.74) is 1.06. The maximum absolute atomic E-state index is 13.4. The number of nitrogens with one attached hydrogen (secondary N) is 1. The lowest BCUT2D eigenvalue weighted by Gasteiger charge is -2.38. The molecule has 0 saturated carbocycles. The summed E-state index contributed by atoms with van der Waals surface area (Å²) >= 11 is 0. The van der Waals surface area contributed by atoms with Crippen molar-refractivity contribution in [2.45, 2.75) is 44.1 Å². The summed E-state index contributed by atoms with van der Waals surface area (Å²) in [5.74, 6) is -1.37. The largest absolute Gasteiger partial charge is 0.396 e. The van der Waals surface area contributed by atoms with Crippen molar-refractivity contribution in [1.82, 2.24) is 4.90 Å². The first kappa shape index (κ1) is 15.9. The number of amides is 2. The number of rotatable bonds is 3. The first-order chi connectivity index (χ1) is 11.1. The van der Waals surface area contributed by atoms with Crippen LogP contribution in [0.5, 0.6) is 0 Å². The van der Waals surface area contributed by atoms with Crippen molar-refractivity contribution < 1.29 is 19.1 Å². The number of fused-ring (bicyclic) bond motifs is 1. The minimum absolute atomic E-state index is 0.0233. The molecule has 0 spiro atoms. The number of nitrogens with zero attached hydrogens (tertiary/aromatic N) is 1. The Labute approximate surface area is 134 Å². The molecular weight excluding hydrogens is 299 g/mol. The van der Waals surface area contributed by atoms with Crippen LogP contribution in [-0.2, 0) is 9.59 Å². The van der Waals surface area contributed by atoms with E-state index in [-0.39, 0.29) is 30.9 Å². The molecule has 3 rings (SSSR count). The molecule has 2 aliphatic rings. The van der Waals surface area contributed by atoms with Crippen molar-refractivity contribution in [3.05, 3.63) is 29.6 Å². The molecule has 2 amide bonds. The second kappa shape index (κ2) is 6.66. The van der Waals surface area contributed by atoms with Crippen molar-refractivity contribution in [2.24, 2.45) is 0 Å². The highest BCUT2D eigenvalue weighted by Crippen LogP contribution is 2.35. The van der Waals surface area contributed by atoms with Crippen LogP contribution in [0.15, 0.2) is 18.2 Å². The predicted octanol–water partition coefficient (Wildman–Crippen LogP) is 2.01. The van der Waals surface area contributed by atoms with Gasteiger partial charge >= 0.3 is 0 Å². The van der Waals surface area contributed by atoms with E-state index in [1.807, 2.05) is 0 Å². The van der Waals surface area contributed by atoms with Crippen molar-refractivity contribution in [3.8, 4) is 0 Å². The van der Waals surface area contributed by atoms with Crippen LogP contribution in [0.3, 0.4) is 0 Å². The highest BCUT2D eigenvalue weighted by molar-refractivity contribution is 6.01. The highest BCUT2D eigenvalue weighted by atomic mass is 19.1. The van der Waals surface area contributed by atoms with Gasteiger partial charge in [0, 0.05) is 31.3 Å². The number of carbonyl (C=O) groups excluding carboxylic acids is 2. The predicted molar refractivity (Wildman–Crippen MR) is 83.4 cm³/mol. The molecular formula is C17H21FN2O3. The first-order valence-electron chi connectivity index (χ1n) is 8.11. The Hall–Kier alpha value is -1.95. The summed E-state index contributed by atoms with van der Waals surface area (Å²) in [6.45, 7) is 0.694. The molecule has 6 heteroatoms. The zero-order valence-corrected chi connectivity index (χ0v) is 12.9. The van der Waals surface area contributed by atoms with E-state index in [0.717, 1.165) is 19.3 Å². The molecule has 124 valence electrons. The number of halogens is 1. The van der Waals surface area contributed by atoms with Gasteiger partial charge in [0.05, 0.1) is 5.92 Å². The van der Waals surface area contributed by atoms with Gasteiger partial charge < -0.3 is 15.3 Å². The molecule has 5 nitrogen and oxygen atoms in total. The van der Waals surface area contributed by atoms with Crippen LogP contribution < -0.4 is 5.32 Å². The zero-order valence-electron chi connectivity index (χ0n) is 12.9. The normalized spacial score (nSPS) is 24.1. The van der Waals surface area contributed by atoms with Crippen LogP contribution in [0, 0.1) is 5.82 Å². The van der Waals surface area contributed by atoms with Gasteiger partial charge in [0.1, 0.15) is 5.82 Å². The second-order valence-corrected chi connectivity index (χ2v) is 6.23. The second-order valence-electron chi connectivity index (χ2n) is 6.23. The maximum atomic E-state index is 13.4. The van der Waals surface area contributed by atoms with Crippen LogP contribution in [0.25, 0.3) is 0 Å². The van der Waals surface area contributed by atoms with Gasteiger partial charge in [-0.15, -0.1) is 0 Å².